The van der Waals surface area contributed by atoms with Gasteiger partial charge in [-0.05, 0) is 66.3 Å². The predicted molar refractivity (Wildman–Crippen MR) is 151 cm³/mol. The van der Waals surface area contributed by atoms with Gasteiger partial charge in [0.2, 0.25) is 5.95 Å². The molecule has 1 aromatic heterocycles. The van der Waals surface area contributed by atoms with Gasteiger partial charge in [-0.1, -0.05) is 0 Å². The highest BCUT2D eigenvalue weighted by atomic mass is 32.2. The number of nitrogens with zero attached hydrogens (tertiary/aromatic N) is 3. The van der Waals surface area contributed by atoms with Crippen LogP contribution in [-0.4, -0.2) is 74.1 Å². The highest BCUT2D eigenvalue weighted by Gasteiger charge is 2.23. The van der Waals surface area contributed by atoms with E-state index in [2.05, 4.69) is 30.3 Å². The van der Waals surface area contributed by atoms with Gasteiger partial charge < -0.3 is 30.2 Å². The van der Waals surface area contributed by atoms with Crippen LogP contribution in [0.2, 0.25) is 0 Å². The Morgan fingerprint density at radius 2 is 1.69 bits per heavy atom. The molecule has 3 aromatic rings. The lowest BCUT2D eigenvalue weighted by Crippen LogP contribution is -2.39. The molecular formula is C27H30N6O8S. The number of benzene rings is 2. The Morgan fingerprint density at radius 3 is 2.33 bits per heavy atom. The summed E-state index contributed by atoms with van der Waals surface area (Å²) in [5.41, 5.74) is 1.09. The summed E-state index contributed by atoms with van der Waals surface area (Å²) < 4.78 is 30.0. The molecule has 4 N–H and O–H groups in total. The topological polar surface area (TPSA) is 189 Å². The largest absolute Gasteiger partial charge is 0.495 e. The van der Waals surface area contributed by atoms with E-state index in [0.29, 0.717) is 17.3 Å². The zero-order chi connectivity index (χ0) is 30.1. The minimum atomic E-state index is -4.22. The van der Waals surface area contributed by atoms with E-state index in [1.54, 1.807) is 35.5 Å². The third-order valence-corrected chi connectivity index (χ3v) is 7.66. The normalized spacial score (nSPS) is 13.7. The fraction of sp³-hybridized carbons (Fsp3) is 0.296. The van der Waals surface area contributed by atoms with Crippen molar-refractivity contribution in [3.05, 3.63) is 72.1 Å². The lowest BCUT2D eigenvalue weighted by Gasteiger charge is -2.34. The number of hydrogen-bond acceptors (Lipinski definition) is 11. The van der Waals surface area contributed by atoms with E-state index in [1.165, 1.54) is 7.11 Å². The first kappa shape index (κ1) is 30.2. The Bertz CT molecular complexity index is 1510. The van der Waals surface area contributed by atoms with Crippen LogP contribution >= 0.6 is 0 Å². The van der Waals surface area contributed by atoms with Gasteiger partial charge in [0.15, 0.2) is 0 Å². The molecule has 42 heavy (non-hydrogen) atoms. The van der Waals surface area contributed by atoms with Crippen molar-refractivity contribution in [1.29, 1.82) is 0 Å². The van der Waals surface area contributed by atoms with E-state index >= 15 is 0 Å². The number of carboxylic acid groups (broad SMARTS) is 1. The molecule has 0 bridgehead atoms. The van der Waals surface area contributed by atoms with Crippen LogP contribution in [0.1, 0.15) is 40.0 Å². The third-order valence-electron chi connectivity index (χ3n) is 6.47. The highest BCUT2D eigenvalue weighted by molar-refractivity contribution is 7.89. The summed E-state index contributed by atoms with van der Waals surface area (Å²) in [5, 5.41) is 14.8. The molecule has 14 nitrogen and oxygen atoms in total. The van der Waals surface area contributed by atoms with E-state index in [9.17, 15) is 22.8 Å². The van der Waals surface area contributed by atoms with Crippen LogP contribution in [0, 0.1) is 0 Å². The van der Waals surface area contributed by atoms with Crippen molar-refractivity contribution in [2.75, 3.05) is 37.0 Å². The van der Waals surface area contributed by atoms with Crippen LogP contribution in [0.25, 0.3) is 0 Å². The lowest BCUT2D eigenvalue weighted by molar-refractivity contribution is -0.146. The average Bonchev–Trinajstić information content (AvgIpc) is 3.00. The van der Waals surface area contributed by atoms with Gasteiger partial charge in [0.05, 0.1) is 29.7 Å². The summed E-state index contributed by atoms with van der Waals surface area (Å²) in [4.78, 5) is 52.2. The molecule has 0 atom stereocenters. The van der Waals surface area contributed by atoms with Gasteiger partial charge in [0.25, 0.3) is 15.9 Å². The second kappa shape index (κ2) is 13.7. The van der Waals surface area contributed by atoms with E-state index < -0.39 is 27.9 Å². The van der Waals surface area contributed by atoms with Gasteiger partial charge in [0.1, 0.15) is 5.75 Å². The quantitative estimate of drug-likeness (QED) is 0.222. The Hall–Kier alpha value is -4.76. The Balaban J connectivity index is 1.23. The van der Waals surface area contributed by atoms with Gasteiger partial charge in [0, 0.05) is 43.6 Å². The van der Waals surface area contributed by atoms with Crippen molar-refractivity contribution in [2.45, 2.75) is 30.2 Å². The molecular weight excluding hydrogens is 568 g/mol. The Labute approximate surface area is 242 Å². The minimum Gasteiger partial charge on any atom is -0.495 e. The first-order valence-electron chi connectivity index (χ1n) is 13.0. The highest BCUT2D eigenvalue weighted by Crippen LogP contribution is 2.32. The molecule has 1 aliphatic rings. The molecule has 0 unspecified atom stereocenters. The van der Waals surface area contributed by atoms with E-state index in [1.807, 2.05) is 6.07 Å². The number of nitrogens with one attached hydrogen (secondary N) is 3. The minimum absolute atomic E-state index is 0.0958. The Morgan fingerprint density at radius 1 is 1.02 bits per heavy atom. The van der Waals surface area contributed by atoms with E-state index in [-0.39, 0.29) is 29.5 Å². The summed E-state index contributed by atoms with van der Waals surface area (Å²) in [5.74, 6) is -1.45. The molecule has 1 fully saturated rings. The summed E-state index contributed by atoms with van der Waals surface area (Å²) in [6, 6.07) is 11.5. The molecule has 0 saturated carbocycles. The zero-order valence-corrected chi connectivity index (χ0v) is 23.5. The maximum absolute atomic E-state index is 12.7. The molecule has 2 aromatic carbocycles. The second-order valence-corrected chi connectivity index (χ2v) is 10.9. The molecule has 1 saturated heterocycles. The van der Waals surface area contributed by atoms with Crippen molar-refractivity contribution in [3.8, 4) is 5.75 Å². The van der Waals surface area contributed by atoms with Crippen LogP contribution < -0.4 is 25.2 Å². The number of hydrogen-bond donors (Lipinski definition) is 4. The maximum Gasteiger partial charge on any atom is 0.335 e. The molecule has 1 amide bonds. The number of aromatic carboxylic acids is 1. The fourth-order valence-corrected chi connectivity index (χ4v) is 5.05. The molecule has 2 heterocycles. The molecule has 0 spiro atoms. The lowest BCUT2D eigenvalue weighted by atomic mass is 10.0. The number of anilines is 2. The second-order valence-electron chi connectivity index (χ2n) is 9.26. The first-order valence-corrected chi connectivity index (χ1v) is 14.4. The number of amides is 1. The van der Waals surface area contributed by atoms with Crippen molar-refractivity contribution in [1.82, 2.24) is 20.2 Å². The zero-order valence-electron chi connectivity index (χ0n) is 22.6. The van der Waals surface area contributed by atoms with Crippen LogP contribution in [0.3, 0.4) is 0 Å². The fourth-order valence-electron chi connectivity index (χ4n) is 4.26. The van der Waals surface area contributed by atoms with Gasteiger partial charge in [-0.3, -0.25) is 9.59 Å². The molecule has 1 aliphatic heterocycles. The number of sulfonamides is 1. The monoisotopic (exact) mass is 598 g/mol. The SMILES string of the molecule is COc1cc(C(=O)NCCC(=O)ONS(=O)(=O)c2ccc(C(=O)O)cc2)ccc1N1CCC(Nc2ncccn2)CC1. The number of piperidine rings is 1. The molecule has 222 valence electrons. The smallest absolute Gasteiger partial charge is 0.335 e. The first-order chi connectivity index (χ1) is 20.2. The predicted octanol–water partition coefficient (Wildman–Crippen LogP) is 1.82. The van der Waals surface area contributed by atoms with Crippen LogP contribution in [0.5, 0.6) is 5.75 Å². The molecule has 4 rings (SSSR count). The van der Waals surface area contributed by atoms with Crippen LogP contribution in [0.4, 0.5) is 11.6 Å². The van der Waals surface area contributed by atoms with Crippen molar-refractivity contribution < 1.29 is 37.5 Å². The molecule has 0 aliphatic carbocycles. The average molecular weight is 599 g/mol. The standard InChI is InChI=1S/C27H30N6O8S/c1-40-23-17-19(5-8-22(23)33-15-10-20(11-16-33)31-27-29-12-2-13-30-27)25(35)28-14-9-24(34)41-32-42(38,39)21-6-3-18(4-7-21)26(36)37/h2-8,12-13,17,20,32H,9-11,14-16H2,1H3,(H,28,35)(H,36,37)(H,29,30,31). The number of ether oxygens (including phenoxy) is 1. The number of carboxylic acids is 1. The van der Waals surface area contributed by atoms with Gasteiger partial charge in [-0.15, -0.1) is 0 Å². The maximum atomic E-state index is 12.7. The number of methoxy groups -OCH3 is 1. The summed E-state index contributed by atoms with van der Waals surface area (Å²) >= 11 is 0. The number of rotatable bonds is 12. The van der Waals surface area contributed by atoms with Crippen LogP contribution in [-0.2, 0) is 19.7 Å². The molecule has 0 radical (unpaired) electrons. The van der Waals surface area contributed by atoms with Gasteiger partial charge in [-0.25, -0.2) is 23.2 Å². The van der Waals surface area contributed by atoms with Crippen molar-refractivity contribution >= 4 is 39.5 Å². The van der Waals surface area contributed by atoms with E-state index in [0.717, 1.165) is 55.9 Å². The summed E-state index contributed by atoms with van der Waals surface area (Å²) in [7, 11) is -2.69. The van der Waals surface area contributed by atoms with E-state index in [4.69, 9.17) is 9.84 Å². The summed E-state index contributed by atoms with van der Waals surface area (Å²) in [6.07, 6.45) is 4.81. The van der Waals surface area contributed by atoms with Gasteiger partial charge >= 0.3 is 11.9 Å². The van der Waals surface area contributed by atoms with Crippen LogP contribution in [0.15, 0.2) is 65.8 Å². The number of carbonyl (C=O) groups excluding carboxylic acids is 2. The van der Waals surface area contributed by atoms with Crippen molar-refractivity contribution in [3.63, 3.8) is 0 Å². The third kappa shape index (κ3) is 7.92. The van der Waals surface area contributed by atoms with Crippen molar-refractivity contribution in [2.24, 2.45) is 0 Å². The number of carbonyl (C=O) groups is 3. The van der Waals surface area contributed by atoms with Gasteiger partial charge in [-0.2, -0.15) is 0 Å². The number of aromatic nitrogens is 2. The molecule has 15 heteroatoms. The Kier molecular flexibility index (Phi) is 9.88. The summed E-state index contributed by atoms with van der Waals surface area (Å²) in [6.45, 7) is 1.43.